The quantitative estimate of drug-likeness (QED) is 0.684. The van der Waals surface area contributed by atoms with Crippen LogP contribution in [0.3, 0.4) is 0 Å². The van der Waals surface area contributed by atoms with Crippen LogP contribution < -0.4 is 5.32 Å². The fourth-order valence-electron chi connectivity index (χ4n) is 1.44. The normalized spacial score (nSPS) is 12.9. The predicted octanol–water partition coefficient (Wildman–Crippen LogP) is 1.67. The predicted molar refractivity (Wildman–Crippen MR) is 65.3 cm³/mol. The second-order valence-corrected chi connectivity index (χ2v) is 4.21. The maximum atomic E-state index is 4.96. The van der Waals surface area contributed by atoms with Gasteiger partial charge in [-0.2, -0.15) is 5.10 Å². The summed E-state index contributed by atoms with van der Waals surface area (Å²) in [7, 11) is 1.71. The molecule has 1 aromatic rings. The SMILES string of the molecule is CCC(C)Cn1ccc(CNCCOC)n1. The van der Waals surface area contributed by atoms with Gasteiger partial charge in [-0.3, -0.25) is 4.68 Å². The molecular weight excluding hydrogens is 202 g/mol. The largest absolute Gasteiger partial charge is 0.383 e. The summed E-state index contributed by atoms with van der Waals surface area (Å²) in [4.78, 5) is 0. The van der Waals surface area contributed by atoms with Gasteiger partial charge in [0.25, 0.3) is 0 Å². The average Bonchev–Trinajstić information content (AvgIpc) is 2.72. The van der Waals surface area contributed by atoms with E-state index in [4.69, 9.17) is 4.74 Å². The second kappa shape index (κ2) is 7.41. The van der Waals surface area contributed by atoms with E-state index in [2.05, 4.69) is 36.5 Å². The lowest BCUT2D eigenvalue weighted by molar-refractivity contribution is 0.199. The first-order valence-electron chi connectivity index (χ1n) is 5.98. The van der Waals surface area contributed by atoms with Gasteiger partial charge in [0.2, 0.25) is 0 Å². The molecule has 0 bridgehead atoms. The van der Waals surface area contributed by atoms with Crippen LogP contribution in [0.15, 0.2) is 12.3 Å². The van der Waals surface area contributed by atoms with Crippen LogP contribution in [0, 0.1) is 5.92 Å². The van der Waals surface area contributed by atoms with E-state index in [1.165, 1.54) is 6.42 Å². The fraction of sp³-hybridized carbons (Fsp3) is 0.750. The molecule has 92 valence electrons. The Hall–Kier alpha value is -0.870. The summed E-state index contributed by atoms with van der Waals surface area (Å²) in [5.41, 5.74) is 1.10. The molecule has 1 aromatic heterocycles. The van der Waals surface area contributed by atoms with E-state index >= 15 is 0 Å². The van der Waals surface area contributed by atoms with Crippen LogP contribution >= 0.6 is 0 Å². The number of rotatable bonds is 8. The number of ether oxygens (including phenoxy) is 1. The molecule has 1 heterocycles. The molecule has 0 aromatic carbocycles. The van der Waals surface area contributed by atoms with Crippen molar-refractivity contribution in [2.24, 2.45) is 5.92 Å². The lowest BCUT2D eigenvalue weighted by atomic mass is 10.1. The minimum Gasteiger partial charge on any atom is -0.383 e. The minimum absolute atomic E-state index is 0.689. The summed E-state index contributed by atoms with van der Waals surface area (Å²) in [6.07, 6.45) is 3.25. The average molecular weight is 225 g/mol. The van der Waals surface area contributed by atoms with Gasteiger partial charge in [-0.1, -0.05) is 20.3 Å². The molecule has 4 heteroatoms. The molecule has 0 saturated carbocycles. The van der Waals surface area contributed by atoms with E-state index in [9.17, 15) is 0 Å². The highest BCUT2D eigenvalue weighted by Crippen LogP contribution is 2.05. The van der Waals surface area contributed by atoms with Crippen LogP contribution in [0.2, 0.25) is 0 Å². The van der Waals surface area contributed by atoms with Crippen LogP contribution in [0.25, 0.3) is 0 Å². The molecule has 1 atom stereocenters. The van der Waals surface area contributed by atoms with Crippen molar-refractivity contribution >= 4 is 0 Å². The van der Waals surface area contributed by atoms with Gasteiger partial charge in [0.1, 0.15) is 0 Å². The van der Waals surface area contributed by atoms with Crippen molar-refractivity contribution in [2.45, 2.75) is 33.4 Å². The van der Waals surface area contributed by atoms with E-state index in [1.54, 1.807) is 7.11 Å². The Bertz CT molecular complexity index is 286. The molecule has 0 radical (unpaired) electrons. The molecule has 0 spiro atoms. The van der Waals surface area contributed by atoms with Gasteiger partial charge in [0.15, 0.2) is 0 Å². The standard InChI is InChI=1S/C12H23N3O/c1-4-11(2)10-15-7-5-12(14-15)9-13-6-8-16-3/h5,7,11,13H,4,6,8-10H2,1-3H3. The van der Waals surface area contributed by atoms with Crippen molar-refractivity contribution in [3.05, 3.63) is 18.0 Å². The molecule has 16 heavy (non-hydrogen) atoms. The van der Waals surface area contributed by atoms with Crippen LogP contribution in [-0.4, -0.2) is 30.0 Å². The Morgan fingerprint density at radius 1 is 1.56 bits per heavy atom. The molecule has 0 amide bonds. The van der Waals surface area contributed by atoms with Gasteiger partial charge >= 0.3 is 0 Å². The molecule has 4 nitrogen and oxygen atoms in total. The Morgan fingerprint density at radius 3 is 3.06 bits per heavy atom. The lowest BCUT2D eigenvalue weighted by Crippen LogP contribution is -2.19. The third kappa shape index (κ3) is 4.77. The summed E-state index contributed by atoms with van der Waals surface area (Å²) in [5.74, 6) is 0.689. The summed E-state index contributed by atoms with van der Waals surface area (Å²) < 4.78 is 6.99. The fourth-order valence-corrected chi connectivity index (χ4v) is 1.44. The van der Waals surface area contributed by atoms with Crippen LogP contribution in [0.5, 0.6) is 0 Å². The zero-order chi connectivity index (χ0) is 11.8. The van der Waals surface area contributed by atoms with Crippen molar-refractivity contribution in [3.63, 3.8) is 0 Å². The Balaban J connectivity index is 2.28. The minimum atomic E-state index is 0.689. The molecule has 0 aliphatic heterocycles. The summed E-state index contributed by atoms with van der Waals surface area (Å²) in [6, 6.07) is 2.07. The zero-order valence-corrected chi connectivity index (χ0v) is 10.6. The molecule has 0 fully saturated rings. The molecule has 0 aliphatic carbocycles. The summed E-state index contributed by atoms with van der Waals surface area (Å²) in [6.45, 7) is 7.90. The first kappa shape index (κ1) is 13.2. The van der Waals surface area contributed by atoms with E-state index in [-0.39, 0.29) is 0 Å². The molecular formula is C12H23N3O. The number of nitrogens with zero attached hydrogens (tertiary/aromatic N) is 2. The van der Waals surface area contributed by atoms with Gasteiger partial charge in [0.05, 0.1) is 12.3 Å². The third-order valence-electron chi connectivity index (χ3n) is 2.68. The number of hydrogen-bond donors (Lipinski definition) is 1. The topological polar surface area (TPSA) is 39.1 Å². The molecule has 0 aliphatic rings. The van der Waals surface area contributed by atoms with Gasteiger partial charge in [0, 0.05) is 32.9 Å². The lowest BCUT2D eigenvalue weighted by Gasteiger charge is -2.07. The monoisotopic (exact) mass is 225 g/mol. The highest BCUT2D eigenvalue weighted by atomic mass is 16.5. The van der Waals surface area contributed by atoms with Crippen LogP contribution in [0.4, 0.5) is 0 Å². The van der Waals surface area contributed by atoms with Gasteiger partial charge in [-0.15, -0.1) is 0 Å². The molecule has 0 saturated heterocycles. The molecule has 1 rings (SSSR count). The maximum Gasteiger partial charge on any atom is 0.0762 e. The van der Waals surface area contributed by atoms with Gasteiger partial charge < -0.3 is 10.1 Å². The van der Waals surface area contributed by atoms with Crippen LogP contribution in [0.1, 0.15) is 26.0 Å². The van der Waals surface area contributed by atoms with Gasteiger partial charge in [-0.05, 0) is 12.0 Å². The van der Waals surface area contributed by atoms with E-state index in [0.717, 1.165) is 31.9 Å². The molecule has 1 unspecified atom stereocenters. The third-order valence-corrected chi connectivity index (χ3v) is 2.68. The first-order chi connectivity index (χ1) is 7.76. The zero-order valence-electron chi connectivity index (χ0n) is 10.6. The number of methoxy groups -OCH3 is 1. The van der Waals surface area contributed by atoms with E-state index in [1.807, 2.05) is 4.68 Å². The summed E-state index contributed by atoms with van der Waals surface area (Å²) >= 11 is 0. The number of nitrogens with one attached hydrogen (secondary N) is 1. The van der Waals surface area contributed by atoms with Gasteiger partial charge in [-0.25, -0.2) is 0 Å². The van der Waals surface area contributed by atoms with Crippen molar-refractivity contribution in [1.82, 2.24) is 15.1 Å². The first-order valence-corrected chi connectivity index (χ1v) is 5.98. The van der Waals surface area contributed by atoms with Crippen molar-refractivity contribution in [1.29, 1.82) is 0 Å². The maximum absolute atomic E-state index is 4.96. The Kier molecular flexibility index (Phi) is 6.11. The second-order valence-electron chi connectivity index (χ2n) is 4.21. The van der Waals surface area contributed by atoms with Crippen LogP contribution in [-0.2, 0) is 17.8 Å². The van der Waals surface area contributed by atoms with Crippen molar-refractivity contribution in [3.8, 4) is 0 Å². The van der Waals surface area contributed by atoms with E-state index < -0.39 is 0 Å². The highest BCUT2D eigenvalue weighted by molar-refractivity contribution is 4.98. The van der Waals surface area contributed by atoms with Crippen molar-refractivity contribution in [2.75, 3.05) is 20.3 Å². The highest BCUT2D eigenvalue weighted by Gasteiger charge is 2.02. The summed E-state index contributed by atoms with van der Waals surface area (Å²) in [5, 5.41) is 7.79. The Labute approximate surface area is 98.0 Å². The number of aromatic nitrogens is 2. The number of hydrogen-bond acceptors (Lipinski definition) is 3. The molecule has 1 N–H and O–H groups in total. The Morgan fingerprint density at radius 2 is 2.38 bits per heavy atom. The van der Waals surface area contributed by atoms with Crippen molar-refractivity contribution < 1.29 is 4.74 Å². The van der Waals surface area contributed by atoms with E-state index in [0.29, 0.717) is 5.92 Å². The smallest absolute Gasteiger partial charge is 0.0762 e.